The van der Waals surface area contributed by atoms with Crippen molar-refractivity contribution in [1.82, 2.24) is 5.32 Å². The maximum Gasteiger partial charge on any atom is 0.252 e. The molecule has 1 amide bonds. The smallest absolute Gasteiger partial charge is 0.252 e. The van der Waals surface area contributed by atoms with Gasteiger partial charge in [-0.1, -0.05) is 0 Å². The summed E-state index contributed by atoms with van der Waals surface area (Å²) in [6.45, 7) is 3.95. The van der Waals surface area contributed by atoms with Crippen LogP contribution in [0.5, 0.6) is 0 Å². The molecule has 3 nitrogen and oxygen atoms in total. The molecule has 0 saturated carbocycles. The third-order valence-electron chi connectivity index (χ3n) is 1.85. The van der Waals surface area contributed by atoms with Gasteiger partial charge in [-0.3, -0.25) is 4.79 Å². The molecule has 2 N–H and O–H groups in total. The number of thiophene rings is 1. The van der Waals surface area contributed by atoms with E-state index in [9.17, 15) is 9.90 Å². The topological polar surface area (TPSA) is 49.3 Å². The molecule has 0 fully saturated rings. The third-order valence-corrected chi connectivity index (χ3v) is 3.64. The van der Waals surface area contributed by atoms with Crippen LogP contribution in [-0.4, -0.2) is 23.2 Å². The number of hydrogen-bond donors (Lipinski definition) is 2. The van der Waals surface area contributed by atoms with Gasteiger partial charge in [-0.25, -0.2) is 0 Å². The van der Waals surface area contributed by atoms with Crippen LogP contribution in [0.3, 0.4) is 0 Å². The van der Waals surface area contributed by atoms with Crippen LogP contribution in [-0.2, 0) is 0 Å². The first-order valence-electron chi connectivity index (χ1n) is 4.63. The van der Waals surface area contributed by atoms with Crippen LogP contribution in [0.1, 0.15) is 30.6 Å². The van der Waals surface area contributed by atoms with Crippen molar-refractivity contribution < 1.29 is 9.90 Å². The first-order chi connectivity index (χ1) is 6.88. The van der Waals surface area contributed by atoms with E-state index < -0.39 is 5.60 Å². The Balaban J connectivity index is 2.37. The van der Waals surface area contributed by atoms with E-state index >= 15 is 0 Å². The van der Waals surface area contributed by atoms with Gasteiger partial charge in [-0.15, -0.1) is 11.3 Å². The van der Waals surface area contributed by atoms with Gasteiger partial charge in [-0.05, 0) is 48.9 Å². The average Bonchev–Trinajstić information content (AvgIpc) is 2.49. The highest BCUT2D eigenvalue weighted by molar-refractivity contribution is 14.1. The molecule has 0 unspecified atom stereocenters. The molecule has 1 rings (SSSR count). The summed E-state index contributed by atoms with van der Waals surface area (Å²) in [5, 5.41) is 14.1. The average molecular weight is 339 g/mol. The normalized spacial score (nSPS) is 11.5. The predicted molar refractivity (Wildman–Crippen MR) is 70.3 cm³/mol. The predicted octanol–water partition coefficient (Wildman–Crippen LogP) is 2.24. The summed E-state index contributed by atoms with van der Waals surface area (Å²) >= 11 is 3.73. The quantitative estimate of drug-likeness (QED) is 0.827. The molecule has 1 heterocycles. The number of nitrogens with one attached hydrogen (secondary N) is 1. The third kappa shape index (κ3) is 4.94. The maximum atomic E-state index is 11.6. The van der Waals surface area contributed by atoms with Crippen LogP contribution >= 0.6 is 33.9 Å². The molecule has 0 aliphatic carbocycles. The van der Waals surface area contributed by atoms with Gasteiger partial charge in [0, 0.05) is 11.9 Å². The van der Waals surface area contributed by atoms with E-state index in [-0.39, 0.29) is 5.91 Å². The van der Waals surface area contributed by atoms with Gasteiger partial charge in [0.05, 0.1) is 14.0 Å². The summed E-state index contributed by atoms with van der Waals surface area (Å²) in [5.41, 5.74) is -0.0313. The van der Waals surface area contributed by atoms with Crippen LogP contribution in [0.15, 0.2) is 11.4 Å². The molecule has 0 aliphatic heterocycles. The van der Waals surface area contributed by atoms with E-state index in [1.54, 1.807) is 25.2 Å². The number of halogens is 1. The molecule has 0 saturated heterocycles. The molecule has 0 atom stereocenters. The Bertz CT molecular complexity index is 343. The number of rotatable bonds is 4. The van der Waals surface area contributed by atoms with Crippen LogP contribution in [0.4, 0.5) is 0 Å². The van der Waals surface area contributed by atoms with Crippen molar-refractivity contribution >= 4 is 39.8 Å². The molecule has 5 heteroatoms. The summed E-state index contributed by atoms with van der Waals surface area (Å²) in [6, 6.07) is 1.85. The highest BCUT2D eigenvalue weighted by Gasteiger charge is 2.13. The van der Waals surface area contributed by atoms with Crippen molar-refractivity contribution in [2.45, 2.75) is 25.9 Å². The van der Waals surface area contributed by atoms with E-state index in [1.165, 1.54) is 0 Å². The van der Waals surface area contributed by atoms with Crippen molar-refractivity contribution in [3.8, 4) is 0 Å². The summed E-state index contributed by atoms with van der Waals surface area (Å²) in [6.07, 6.45) is 0.556. The molecule has 0 bridgehead atoms. The fourth-order valence-corrected chi connectivity index (χ4v) is 2.34. The number of hydrogen-bond acceptors (Lipinski definition) is 3. The first-order valence-corrected chi connectivity index (χ1v) is 6.59. The van der Waals surface area contributed by atoms with E-state index in [0.29, 0.717) is 18.5 Å². The van der Waals surface area contributed by atoms with Crippen molar-refractivity contribution in [2.75, 3.05) is 6.54 Å². The second kappa shape index (κ2) is 5.27. The van der Waals surface area contributed by atoms with Crippen LogP contribution in [0, 0.1) is 2.88 Å². The lowest BCUT2D eigenvalue weighted by molar-refractivity contribution is 0.0693. The summed E-state index contributed by atoms with van der Waals surface area (Å²) in [7, 11) is 0. The number of carbonyl (C=O) groups is 1. The van der Waals surface area contributed by atoms with Gasteiger partial charge in [0.2, 0.25) is 0 Å². The molecule has 1 aromatic rings. The lowest BCUT2D eigenvalue weighted by Gasteiger charge is -2.16. The molecule has 84 valence electrons. The molecule has 1 aromatic heterocycles. The Morgan fingerprint density at radius 1 is 1.67 bits per heavy atom. The van der Waals surface area contributed by atoms with Gasteiger partial charge in [-0.2, -0.15) is 0 Å². The Kier molecular flexibility index (Phi) is 4.54. The zero-order chi connectivity index (χ0) is 11.5. The molecular weight excluding hydrogens is 325 g/mol. The maximum absolute atomic E-state index is 11.6. The summed E-state index contributed by atoms with van der Waals surface area (Å²) in [5.74, 6) is -0.0709. The van der Waals surface area contributed by atoms with Crippen LogP contribution < -0.4 is 5.32 Å². The minimum Gasteiger partial charge on any atom is -0.390 e. The Morgan fingerprint density at radius 2 is 2.33 bits per heavy atom. The van der Waals surface area contributed by atoms with Gasteiger partial charge in [0.15, 0.2) is 0 Å². The van der Waals surface area contributed by atoms with E-state index in [0.717, 1.165) is 2.88 Å². The van der Waals surface area contributed by atoms with Crippen LogP contribution in [0.2, 0.25) is 0 Å². The zero-order valence-corrected chi connectivity index (χ0v) is 11.7. The number of aliphatic hydroxyl groups is 1. The Morgan fingerprint density at radius 3 is 2.80 bits per heavy atom. The molecule has 0 aliphatic rings. The molecule has 0 radical (unpaired) electrons. The molecule has 0 aromatic carbocycles. The Labute approximate surface area is 107 Å². The highest BCUT2D eigenvalue weighted by atomic mass is 127. The second-order valence-corrected chi connectivity index (χ2v) is 6.76. The van der Waals surface area contributed by atoms with Crippen molar-refractivity contribution in [1.29, 1.82) is 0 Å². The monoisotopic (exact) mass is 339 g/mol. The molecule has 15 heavy (non-hydrogen) atoms. The van der Waals surface area contributed by atoms with Gasteiger partial charge in [0.25, 0.3) is 5.91 Å². The lowest BCUT2D eigenvalue weighted by atomic mass is 10.1. The number of amides is 1. The van der Waals surface area contributed by atoms with Gasteiger partial charge >= 0.3 is 0 Å². The standard InChI is InChI=1S/C10H14INO2S/c1-10(2,14)3-4-12-9(13)7-5-8(11)15-6-7/h5-6,14H,3-4H2,1-2H3,(H,12,13). The Hall–Kier alpha value is -0.140. The second-order valence-electron chi connectivity index (χ2n) is 3.96. The summed E-state index contributed by atoms with van der Waals surface area (Å²) < 4.78 is 1.10. The van der Waals surface area contributed by atoms with Crippen molar-refractivity contribution in [2.24, 2.45) is 0 Å². The van der Waals surface area contributed by atoms with E-state index in [4.69, 9.17) is 0 Å². The SMILES string of the molecule is CC(C)(O)CCNC(=O)c1csc(I)c1. The van der Waals surface area contributed by atoms with E-state index in [2.05, 4.69) is 27.9 Å². The fourth-order valence-electron chi connectivity index (χ4n) is 1.01. The van der Waals surface area contributed by atoms with Crippen LogP contribution in [0.25, 0.3) is 0 Å². The largest absolute Gasteiger partial charge is 0.390 e. The molecular formula is C10H14INO2S. The lowest BCUT2D eigenvalue weighted by Crippen LogP contribution is -2.30. The minimum absolute atomic E-state index is 0.0709. The van der Waals surface area contributed by atoms with Crippen molar-refractivity contribution in [3.05, 3.63) is 19.9 Å². The van der Waals surface area contributed by atoms with Gasteiger partial charge in [0.1, 0.15) is 0 Å². The molecule has 0 spiro atoms. The summed E-state index contributed by atoms with van der Waals surface area (Å²) in [4.78, 5) is 11.6. The van der Waals surface area contributed by atoms with Gasteiger partial charge < -0.3 is 10.4 Å². The fraction of sp³-hybridized carbons (Fsp3) is 0.500. The highest BCUT2D eigenvalue weighted by Crippen LogP contribution is 2.16. The minimum atomic E-state index is -0.726. The first kappa shape index (κ1) is 12.9. The van der Waals surface area contributed by atoms with E-state index in [1.807, 2.05) is 11.4 Å². The number of carbonyl (C=O) groups excluding carboxylic acids is 1. The van der Waals surface area contributed by atoms with Crippen molar-refractivity contribution in [3.63, 3.8) is 0 Å². The zero-order valence-electron chi connectivity index (χ0n) is 8.71.